The van der Waals surface area contributed by atoms with Gasteiger partial charge in [-0.15, -0.1) is 10.2 Å². The van der Waals surface area contributed by atoms with E-state index in [0.717, 1.165) is 35.1 Å². The van der Waals surface area contributed by atoms with Crippen molar-refractivity contribution in [1.82, 2.24) is 14.8 Å². The molecule has 3 rings (SSSR count). The number of hydrogen-bond acceptors (Lipinski definition) is 5. The van der Waals surface area contributed by atoms with Gasteiger partial charge < -0.3 is 10.1 Å². The summed E-state index contributed by atoms with van der Waals surface area (Å²) >= 11 is 1.13. The second kappa shape index (κ2) is 9.86. The van der Waals surface area contributed by atoms with Gasteiger partial charge in [0.25, 0.3) is 0 Å². The molecule has 164 valence electrons. The number of amides is 1. The number of alkyl halides is 3. The van der Waals surface area contributed by atoms with Crippen LogP contribution in [0, 0.1) is 6.92 Å². The van der Waals surface area contributed by atoms with Crippen molar-refractivity contribution in [2.75, 3.05) is 17.7 Å². The van der Waals surface area contributed by atoms with E-state index in [9.17, 15) is 18.0 Å². The maximum atomic E-state index is 13.1. The number of thioether (sulfide) groups is 1. The number of benzene rings is 2. The molecule has 10 heteroatoms. The van der Waals surface area contributed by atoms with E-state index in [4.69, 9.17) is 4.74 Å². The Morgan fingerprint density at radius 2 is 1.94 bits per heavy atom. The van der Waals surface area contributed by atoms with E-state index in [1.165, 1.54) is 12.4 Å². The van der Waals surface area contributed by atoms with Gasteiger partial charge in [0.05, 0.1) is 23.6 Å². The van der Waals surface area contributed by atoms with Gasteiger partial charge in [0, 0.05) is 5.69 Å². The molecular formula is C21H21F3N4O2S. The SMILES string of the molecule is CCCOc1ccc(C(F)(F)F)cc1NC(=O)CSc1nncn1-c1ccc(C)cc1. The molecule has 0 aliphatic carbocycles. The van der Waals surface area contributed by atoms with E-state index >= 15 is 0 Å². The van der Waals surface area contributed by atoms with Crippen LogP contribution in [-0.2, 0) is 11.0 Å². The van der Waals surface area contributed by atoms with Crippen molar-refractivity contribution in [1.29, 1.82) is 0 Å². The van der Waals surface area contributed by atoms with Crippen LogP contribution in [0.15, 0.2) is 53.9 Å². The Hall–Kier alpha value is -3.01. The van der Waals surface area contributed by atoms with Gasteiger partial charge in [-0.05, 0) is 43.7 Å². The van der Waals surface area contributed by atoms with Gasteiger partial charge in [0.15, 0.2) is 5.16 Å². The Balaban J connectivity index is 1.71. The number of halogens is 3. The molecule has 2 aromatic carbocycles. The minimum absolute atomic E-state index is 0.0196. The molecular weight excluding hydrogens is 429 g/mol. The molecule has 1 aromatic heterocycles. The number of carbonyl (C=O) groups excluding carboxylic acids is 1. The number of nitrogens with one attached hydrogen (secondary N) is 1. The Bertz CT molecular complexity index is 1040. The third-order valence-corrected chi connectivity index (χ3v) is 5.15. The van der Waals surface area contributed by atoms with E-state index in [2.05, 4.69) is 15.5 Å². The second-order valence-electron chi connectivity index (χ2n) is 6.71. The highest BCUT2D eigenvalue weighted by Crippen LogP contribution is 2.35. The lowest BCUT2D eigenvalue weighted by molar-refractivity contribution is -0.137. The molecule has 0 aliphatic rings. The predicted octanol–water partition coefficient (Wildman–Crippen LogP) is 5.11. The molecule has 0 aliphatic heterocycles. The predicted molar refractivity (Wildman–Crippen MR) is 113 cm³/mol. The van der Waals surface area contributed by atoms with Crippen LogP contribution in [0.25, 0.3) is 5.69 Å². The van der Waals surface area contributed by atoms with Crippen LogP contribution >= 0.6 is 11.8 Å². The summed E-state index contributed by atoms with van der Waals surface area (Å²) in [5, 5.41) is 10.9. The smallest absolute Gasteiger partial charge is 0.416 e. The van der Waals surface area contributed by atoms with E-state index < -0.39 is 17.6 Å². The third kappa shape index (κ3) is 6.00. The number of aryl methyl sites for hydroxylation is 1. The lowest BCUT2D eigenvalue weighted by Crippen LogP contribution is -2.16. The Kier molecular flexibility index (Phi) is 7.21. The van der Waals surface area contributed by atoms with Crippen LogP contribution in [0.1, 0.15) is 24.5 Å². The zero-order valence-corrected chi connectivity index (χ0v) is 17.8. The van der Waals surface area contributed by atoms with Gasteiger partial charge in [-0.1, -0.05) is 36.4 Å². The lowest BCUT2D eigenvalue weighted by Gasteiger charge is -2.15. The number of anilines is 1. The summed E-state index contributed by atoms with van der Waals surface area (Å²) in [7, 11) is 0. The van der Waals surface area contributed by atoms with E-state index in [1.807, 2.05) is 38.1 Å². The minimum Gasteiger partial charge on any atom is -0.491 e. The normalized spacial score (nSPS) is 11.4. The highest BCUT2D eigenvalue weighted by molar-refractivity contribution is 7.99. The maximum absolute atomic E-state index is 13.1. The first kappa shape index (κ1) is 22.7. The zero-order chi connectivity index (χ0) is 22.4. The molecule has 1 heterocycles. The first-order valence-electron chi connectivity index (χ1n) is 9.51. The van der Waals surface area contributed by atoms with Crippen LogP contribution < -0.4 is 10.1 Å². The summed E-state index contributed by atoms with van der Waals surface area (Å²) < 4.78 is 46.4. The molecule has 0 atom stereocenters. The fraction of sp³-hybridized carbons (Fsp3) is 0.286. The average Bonchev–Trinajstić information content (AvgIpc) is 3.20. The Morgan fingerprint density at radius 1 is 1.19 bits per heavy atom. The van der Waals surface area contributed by atoms with Crippen molar-refractivity contribution in [2.24, 2.45) is 0 Å². The number of hydrogen-bond donors (Lipinski definition) is 1. The molecule has 0 fully saturated rings. The number of rotatable bonds is 8. The second-order valence-corrected chi connectivity index (χ2v) is 7.66. The molecule has 3 aromatic rings. The monoisotopic (exact) mass is 450 g/mol. The van der Waals surface area contributed by atoms with Crippen molar-refractivity contribution in [3.05, 3.63) is 59.9 Å². The summed E-state index contributed by atoms with van der Waals surface area (Å²) in [4.78, 5) is 12.5. The van der Waals surface area contributed by atoms with Gasteiger partial charge in [-0.2, -0.15) is 13.2 Å². The number of ether oxygens (including phenoxy) is 1. The Labute approximate surface area is 181 Å². The van der Waals surface area contributed by atoms with Crippen LogP contribution in [0.3, 0.4) is 0 Å². The van der Waals surface area contributed by atoms with Gasteiger partial charge in [-0.3, -0.25) is 9.36 Å². The molecule has 6 nitrogen and oxygen atoms in total. The number of nitrogens with zero attached hydrogens (tertiary/aromatic N) is 3. The van der Waals surface area contributed by atoms with Gasteiger partial charge in [0.2, 0.25) is 5.91 Å². The summed E-state index contributed by atoms with van der Waals surface area (Å²) in [5.74, 6) is -0.353. The number of carbonyl (C=O) groups is 1. The molecule has 31 heavy (non-hydrogen) atoms. The largest absolute Gasteiger partial charge is 0.491 e. The van der Waals surface area contributed by atoms with Gasteiger partial charge in [-0.25, -0.2) is 0 Å². The molecule has 0 saturated heterocycles. The molecule has 1 amide bonds. The first-order chi connectivity index (χ1) is 14.8. The van der Waals surface area contributed by atoms with E-state index in [-0.39, 0.29) is 17.2 Å². The quantitative estimate of drug-likeness (QED) is 0.483. The van der Waals surface area contributed by atoms with Crippen molar-refractivity contribution in [2.45, 2.75) is 31.6 Å². The highest BCUT2D eigenvalue weighted by Gasteiger charge is 2.31. The minimum atomic E-state index is -4.53. The fourth-order valence-electron chi connectivity index (χ4n) is 2.66. The molecule has 0 radical (unpaired) electrons. The van der Waals surface area contributed by atoms with E-state index in [0.29, 0.717) is 18.2 Å². The summed E-state index contributed by atoms with van der Waals surface area (Å²) in [6, 6.07) is 10.7. The van der Waals surface area contributed by atoms with Gasteiger partial charge >= 0.3 is 6.18 Å². The summed E-state index contributed by atoms with van der Waals surface area (Å²) in [6.07, 6.45) is -2.31. The van der Waals surface area contributed by atoms with Crippen molar-refractivity contribution in [3.8, 4) is 11.4 Å². The summed E-state index contributed by atoms with van der Waals surface area (Å²) in [5.41, 5.74) is 1.06. The molecule has 0 unspecified atom stereocenters. The first-order valence-corrected chi connectivity index (χ1v) is 10.5. The summed E-state index contributed by atoms with van der Waals surface area (Å²) in [6.45, 7) is 4.17. The standard InChI is InChI=1S/C21H21F3N4O2S/c1-3-10-30-18-9-6-15(21(22,23)24)11-17(18)26-19(29)12-31-20-27-25-13-28(20)16-7-4-14(2)5-8-16/h4-9,11,13H,3,10,12H2,1-2H3,(H,26,29). The third-order valence-electron chi connectivity index (χ3n) is 4.20. The molecule has 1 N–H and O–H groups in total. The van der Waals surface area contributed by atoms with Crippen molar-refractivity contribution in [3.63, 3.8) is 0 Å². The van der Waals surface area contributed by atoms with Crippen LogP contribution in [0.4, 0.5) is 18.9 Å². The van der Waals surface area contributed by atoms with Crippen LogP contribution in [-0.4, -0.2) is 33.0 Å². The van der Waals surface area contributed by atoms with Crippen LogP contribution in [0.5, 0.6) is 5.75 Å². The molecule has 0 bridgehead atoms. The zero-order valence-electron chi connectivity index (χ0n) is 16.9. The lowest BCUT2D eigenvalue weighted by atomic mass is 10.1. The van der Waals surface area contributed by atoms with Crippen molar-refractivity contribution < 1.29 is 22.7 Å². The highest BCUT2D eigenvalue weighted by atomic mass is 32.2. The Morgan fingerprint density at radius 3 is 2.61 bits per heavy atom. The number of aromatic nitrogens is 3. The van der Waals surface area contributed by atoms with Crippen molar-refractivity contribution >= 4 is 23.4 Å². The fourth-order valence-corrected chi connectivity index (χ4v) is 3.39. The molecule has 0 saturated carbocycles. The van der Waals surface area contributed by atoms with Gasteiger partial charge in [0.1, 0.15) is 12.1 Å². The maximum Gasteiger partial charge on any atom is 0.416 e. The topological polar surface area (TPSA) is 69.0 Å². The molecule has 0 spiro atoms. The van der Waals surface area contributed by atoms with Crippen LogP contribution in [0.2, 0.25) is 0 Å². The van der Waals surface area contributed by atoms with E-state index in [1.54, 1.807) is 4.57 Å². The average molecular weight is 450 g/mol.